The van der Waals surface area contributed by atoms with Crippen molar-refractivity contribution in [3.63, 3.8) is 0 Å². The first kappa shape index (κ1) is 22.4. The van der Waals surface area contributed by atoms with E-state index in [1.165, 1.54) is 0 Å². The van der Waals surface area contributed by atoms with E-state index in [1.807, 2.05) is 121 Å². The molecule has 0 aliphatic carbocycles. The summed E-state index contributed by atoms with van der Waals surface area (Å²) in [5.74, 6) is 0. The summed E-state index contributed by atoms with van der Waals surface area (Å²) in [7, 11) is 0. The largest absolute Gasteiger partial charge is 0.410 e. The van der Waals surface area contributed by atoms with E-state index < -0.39 is 0 Å². The van der Waals surface area contributed by atoms with Crippen LogP contribution in [-0.4, -0.2) is 33.3 Å². The summed E-state index contributed by atoms with van der Waals surface area (Å²) in [6, 6.07) is 37.2. The molecule has 0 heterocycles. The Bertz CT molecular complexity index is 1230. The molecule has 0 aliphatic heterocycles. The lowest BCUT2D eigenvalue weighted by Crippen LogP contribution is -2.20. The molecule has 4 aromatic carbocycles. The fourth-order valence-electron chi connectivity index (χ4n) is 3.45. The van der Waals surface area contributed by atoms with Crippen LogP contribution in [0.1, 0.15) is 22.3 Å². The monoisotopic (exact) mass is 446 g/mol. The summed E-state index contributed by atoms with van der Waals surface area (Å²) in [5.41, 5.74) is 4.08. The highest BCUT2D eigenvalue weighted by Gasteiger charge is 2.18. The van der Waals surface area contributed by atoms with Gasteiger partial charge in [0.15, 0.2) is 0 Å². The molecule has 0 fully saturated rings. The van der Waals surface area contributed by atoms with Gasteiger partial charge < -0.3 is 10.4 Å². The van der Waals surface area contributed by atoms with E-state index >= 15 is 0 Å². The minimum absolute atomic E-state index is 0.269. The molecular formula is C28H22N4O2. The minimum Gasteiger partial charge on any atom is -0.410 e. The second-order valence-electron chi connectivity index (χ2n) is 7.26. The van der Waals surface area contributed by atoms with E-state index in [9.17, 15) is 10.4 Å². The summed E-state index contributed by atoms with van der Waals surface area (Å²) in [4.78, 5) is 0. The van der Waals surface area contributed by atoms with Crippen molar-refractivity contribution >= 4 is 22.8 Å². The average Bonchev–Trinajstić information content (AvgIpc) is 2.92. The smallest absolute Gasteiger partial charge is 0.137 e. The zero-order chi connectivity index (χ0) is 23.6. The molecule has 0 saturated heterocycles. The topological polar surface area (TPSA) is 89.9 Å². The molecule has 0 bridgehead atoms. The molecule has 0 amide bonds. The van der Waals surface area contributed by atoms with Gasteiger partial charge in [0.05, 0.1) is 0 Å². The molecule has 2 N–H and O–H groups in total. The highest BCUT2D eigenvalue weighted by atomic mass is 16.4. The summed E-state index contributed by atoms with van der Waals surface area (Å²) < 4.78 is 0. The van der Waals surface area contributed by atoms with Crippen molar-refractivity contribution in [3.8, 4) is 0 Å². The van der Waals surface area contributed by atoms with Crippen molar-refractivity contribution in [2.24, 2.45) is 20.5 Å². The van der Waals surface area contributed by atoms with Gasteiger partial charge in [-0.2, -0.15) is 0 Å². The van der Waals surface area contributed by atoms with Gasteiger partial charge in [0.25, 0.3) is 0 Å². The van der Waals surface area contributed by atoms with Crippen LogP contribution in [0.4, 0.5) is 0 Å². The Morgan fingerprint density at radius 2 is 0.588 bits per heavy atom. The number of hydrogen-bond acceptors (Lipinski definition) is 6. The van der Waals surface area contributed by atoms with Gasteiger partial charge >= 0.3 is 0 Å². The maximum Gasteiger partial charge on any atom is 0.137 e. The number of hydrogen-bond donors (Lipinski definition) is 2. The highest BCUT2D eigenvalue weighted by Crippen LogP contribution is 2.14. The van der Waals surface area contributed by atoms with Gasteiger partial charge in [0.1, 0.15) is 22.8 Å². The normalized spacial score (nSPS) is 13.1. The third kappa shape index (κ3) is 5.14. The van der Waals surface area contributed by atoms with Crippen LogP contribution in [0, 0.1) is 0 Å². The Labute approximate surface area is 197 Å². The summed E-state index contributed by atoms with van der Waals surface area (Å²) in [6.45, 7) is 0. The van der Waals surface area contributed by atoms with Crippen LogP contribution >= 0.6 is 0 Å². The Kier molecular flexibility index (Phi) is 7.33. The van der Waals surface area contributed by atoms with Gasteiger partial charge in [-0.1, -0.05) is 132 Å². The fourth-order valence-corrected chi connectivity index (χ4v) is 3.45. The summed E-state index contributed by atoms with van der Waals surface area (Å²) in [5, 5.41) is 36.0. The summed E-state index contributed by atoms with van der Waals surface area (Å²) >= 11 is 0. The maximum atomic E-state index is 9.92. The molecule has 0 aromatic heterocycles. The Balaban J connectivity index is 1.92. The lowest BCUT2D eigenvalue weighted by atomic mass is 9.99. The van der Waals surface area contributed by atoms with Crippen LogP contribution in [0.2, 0.25) is 0 Å². The molecule has 6 heteroatoms. The van der Waals surface area contributed by atoms with Crippen LogP contribution in [0.15, 0.2) is 142 Å². The van der Waals surface area contributed by atoms with Crippen molar-refractivity contribution in [3.05, 3.63) is 144 Å². The predicted molar refractivity (Wildman–Crippen MR) is 135 cm³/mol. The molecule has 0 aliphatic rings. The molecule has 6 nitrogen and oxygen atoms in total. The standard InChI is InChI=1S/C28H22N4O2/c33-31-27(23-17-9-3-10-18-23)25(21-13-5-1-6-14-21)29-30-26(22-15-7-2-8-16-22)28(32-34)24-19-11-4-12-20-24/h1-20,33-34H. The van der Waals surface area contributed by atoms with Crippen molar-refractivity contribution in [1.29, 1.82) is 0 Å². The van der Waals surface area contributed by atoms with Gasteiger partial charge in [-0.3, -0.25) is 0 Å². The molecular weight excluding hydrogens is 424 g/mol. The van der Waals surface area contributed by atoms with E-state index in [2.05, 4.69) is 20.5 Å². The van der Waals surface area contributed by atoms with Gasteiger partial charge in [-0.05, 0) is 0 Å². The highest BCUT2D eigenvalue weighted by molar-refractivity contribution is 6.55. The van der Waals surface area contributed by atoms with E-state index in [4.69, 9.17) is 0 Å². The average molecular weight is 447 g/mol. The molecule has 34 heavy (non-hydrogen) atoms. The molecule has 0 unspecified atom stereocenters. The maximum absolute atomic E-state index is 9.92. The van der Waals surface area contributed by atoms with Gasteiger partial charge in [0, 0.05) is 22.3 Å². The van der Waals surface area contributed by atoms with Crippen LogP contribution < -0.4 is 0 Å². The van der Waals surface area contributed by atoms with Crippen molar-refractivity contribution < 1.29 is 10.4 Å². The number of benzene rings is 4. The van der Waals surface area contributed by atoms with E-state index in [0.717, 1.165) is 11.1 Å². The second-order valence-corrected chi connectivity index (χ2v) is 7.26. The fraction of sp³-hybridized carbons (Fsp3) is 0. The third-order valence-electron chi connectivity index (χ3n) is 5.09. The van der Waals surface area contributed by atoms with Crippen molar-refractivity contribution in [2.45, 2.75) is 0 Å². The first-order valence-electron chi connectivity index (χ1n) is 10.6. The zero-order valence-electron chi connectivity index (χ0n) is 18.2. The van der Waals surface area contributed by atoms with Crippen molar-refractivity contribution in [1.82, 2.24) is 0 Å². The Morgan fingerprint density at radius 3 is 0.824 bits per heavy atom. The lowest BCUT2D eigenvalue weighted by Gasteiger charge is -2.10. The zero-order valence-corrected chi connectivity index (χ0v) is 18.2. The van der Waals surface area contributed by atoms with Gasteiger partial charge in [0.2, 0.25) is 0 Å². The predicted octanol–water partition coefficient (Wildman–Crippen LogP) is 5.64. The quantitative estimate of drug-likeness (QED) is 0.219. The number of nitrogens with zero attached hydrogens (tertiary/aromatic N) is 4. The molecule has 166 valence electrons. The number of rotatable bonds is 7. The van der Waals surface area contributed by atoms with Crippen molar-refractivity contribution in [2.75, 3.05) is 0 Å². The van der Waals surface area contributed by atoms with E-state index in [0.29, 0.717) is 22.6 Å². The molecule has 0 saturated carbocycles. The Morgan fingerprint density at radius 1 is 0.353 bits per heavy atom. The van der Waals surface area contributed by atoms with E-state index in [-0.39, 0.29) is 11.4 Å². The summed E-state index contributed by atoms with van der Waals surface area (Å²) in [6.07, 6.45) is 0. The van der Waals surface area contributed by atoms with Crippen LogP contribution in [0.25, 0.3) is 0 Å². The molecule has 0 atom stereocenters. The van der Waals surface area contributed by atoms with Crippen LogP contribution in [0.5, 0.6) is 0 Å². The molecule has 4 aromatic rings. The lowest BCUT2D eigenvalue weighted by molar-refractivity contribution is 0.320. The molecule has 0 radical (unpaired) electrons. The van der Waals surface area contributed by atoms with Crippen LogP contribution in [-0.2, 0) is 0 Å². The second kappa shape index (κ2) is 11.2. The first-order valence-corrected chi connectivity index (χ1v) is 10.6. The number of oxime groups is 2. The van der Waals surface area contributed by atoms with E-state index in [1.54, 1.807) is 0 Å². The minimum atomic E-state index is 0.269. The third-order valence-corrected chi connectivity index (χ3v) is 5.09. The first-order chi connectivity index (χ1) is 16.8. The molecule has 0 spiro atoms. The molecule has 4 rings (SSSR count). The van der Waals surface area contributed by atoms with Crippen LogP contribution in [0.3, 0.4) is 0 Å². The van der Waals surface area contributed by atoms with Gasteiger partial charge in [-0.15, -0.1) is 10.2 Å². The van der Waals surface area contributed by atoms with Gasteiger partial charge in [-0.25, -0.2) is 0 Å². The SMILES string of the molecule is ON=C(C(=NN=C(C(=NO)c1ccccc1)c1ccccc1)c1ccccc1)c1ccccc1. The Hall–Kier alpha value is -4.84.